The van der Waals surface area contributed by atoms with Crippen LogP contribution in [0.2, 0.25) is 0 Å². The third-order valence-electron chi connectivity index (χ3n) is 5.02. The van der Waals surface area contributed by atoms with Gasteiger partial charge in [0.15, 0.2) is 0 Å². The molecule has 0 atom stereocenters. The average molecular weight is 394 g/mol. The molecule has 0 saturated carbocycles. The summed E-state index contributed by atoms with van der Waals surface area (Å²) in [5.41, 5.74) is 7.05. The first kappa shape index (κ1) is 19.4. The molecule has 148 valence electrons. The minimum atomic E-state index is -0.483. The summed E-state index contributed by atoms with van der Waals surface area (Å²) in [6.45, 7) is 5.65. The van der Waals surface area contributed by atoms with Crippen molar-refractivity contribution < 1.29 is 9.53 Å². The van der Waals surface area contributed by atoms with Crippen molar-refractivity contribution in [2.45, 2.75) is 13.3 Å². The zero-order valence-electron chi connectivity index (χ0n) is 16.8. The molecule has 1 aromatic heterocycles. The zero-order chi connectivity index (χ0) is 20.9. The molecule has 4 rings (SSSR count). The number of ether oxygens (including phenoxy) is 1. The second-order valence-corrected chi connectivity index (χ2v) is 6.83. The van der Waals surface area contributed by atoms with Crippen LogP contribution in [-0.2, 0) is 4.79 Å². The van der Waals surface area contributed by atoms with E-state index in [0.29, 0.717) is 5.75 Å². The van der Waals surface area contributed by atoms with Gasteiger partial charge in [0.25, 0.3) is 0 Å². The van der Waals surface area contributed by atoms with Crippen LogP contribution in [0.3, 0.4) is 0 Å². The number of fused-ring (bicyclic) bond motifs is 1. The smallest absolute Gasteiger partial charge is 0.335 e. The molecule has 0 fully saturated rings. The highest BCUT2D eigenvalue weighted by atomic mass is 16.5. The molecule has 3 aromatic carbocycles. The van der Waals surface area contributed by atoms with Gasteiger partial charge in [-0.05, 0) is 46.9 Å². The molecule has 0 aliphatic rings. The maximum atomic E-state index is 12.0. The van der Waals surface area contributed by atoms with E-state index < -0.39 is 5.97 Å². The monoisotopic (exact) mass is 394 g/mol. The van der Waals surface area contributed by atoms with Gasteiger partial charge in [-0.3, -0.25) is 0 Å². The summed E-state index contributed by atoms with van der Waals surface area (Å²) in [5.74, 6) is 0.0209. The largest absolute Gasteiger partial charge is 0.423 e. The number of carbonyl (C=O) groups is 1. The quantitative estimate of drug-likeness (QED) is 0.188. The van der Waals surface area contributed by atoms with E-state index in [4.69, 9.17) is 4.74 Å². The van der Waals surface area contributed by atoms with Crippen molar-refractivity contribution in [3.63, 3.8) is 0 Å². The lowest BCUT2D eigenvalue weighted by Gasteiger charge is -2.18. The fourth-order valence-electron chi connectivity index (χ4n) is 3.66. The van der Waals surface area contributed by atoms with E-state index in [1.54, 1.807) is 6.33 Å². The molecular weight excluding hydrogens is 372 g/mol. The van der Waals surface area contributed by atoms with E-state index in [9.17, 15) is 4.79 Å². The Morgan fingerprint density at radius 3 is 2.57 bits per heavy atom. The molecule has 4 aromatic rings. The molecule has 4 nitrogen and oxygen atoms in total. The topological polar surface area (TPSA) is 55.0 Å². The van der Waals surface area contributed by atoms with Gasteiger partial charge in [0, 0.05) is 11.6 Å². The zero-order valence-corrected chi connectivity index (χ0v) is 16.8. The number of nitrogens with one attached hydrogen (secondary N) is 1. The van der Waals surface area contributed by atoms with Crippen LogP contribution in [0.1, 0.15) is 30.0 Å². The van der Waals surface area contributed by atoms with E-state index >= 15 is 0 Å². The van der Waals surface area contributed by atoms with Crippen molar-refractivity contribution in [1.82, 2.24) is 9.97 Å². The van der Waals surface area contributed by atoms with Crippen molar-refractivity contribution in [3.05, 3.63) is 108 Å². The Morgan fingerprint density at radius 1 is 1.03 bits per heavy atom. The highest BCUT2D eigenvalue weighted by Gasteiger charge is 2.18. The van der Waals surface area contributed by atoms with E-state index in [0.717, 1.165) is 45.3 Å². The van der Waals surface area contributed by atoms with Crippen LogP contribution in [0.4, 0.5) is 0 Å². The third kappa shape index (κ3) is 3.80. The highest BCUT2D eigenvalue weighted by Crippen LogP contribution is 2.39. The van der Waals surface area contributed by atoms with Gasteiger partial charge in [0.1, 0.15) is 5.75 Å². The van der Waals surface area contributed by atoms with Crippen molar-refractivity contribution >= 4 is 28.1 Å². The minimum Gasteiger partial charge on any atom is -0.423 e. The number of rotatable bonds is 6. The molecule has 0 bridgehead atoms. The van der Waals surface area contributed by atoms with Crippen molar-refractivity contribution in [2.24, 2.45) is 0 Å². The third-order valence-corrected chi connectivity index (χ3v) is 5.02. The number of nitrogens with zero attached hydrogens (tertiary/aromatic N) is 1. The second-order valence-electron chi connectivity index (χ2n) is 6.83. The van der Waals surface area contributed by atoms with Gasteiger partial charge >= 0.3 is 5.97 Å². The number of H-pyrrole nitrogens is 1. The van der Waals surface area contributed by atoms with Gasteiger partial charge in [-0.2, -0.15) is 0 Å². The first-order chi connectivity index (χ1) is 14.7. The van der Waals surface area contributed by atoms with Gasteiger partial charge in [0.2, 0.25) is 0 Å². The fraction of sp³-hybridized carbons (Fsp3) is 0.0769. The SMILES string of the molecule is C=CC(=O)Oc1ccccc1/C(=C(\CC)c1ccccc1)c1ccc2nc[nH]c2c1. The van der Waals surface area contributed by atoms with Crippen LogP contribution in [0.15, 0.2) is 91.8 Å². The predicted molar refractivity (Wildman–Crippen MR) is 121 cm³/mol. The normalized spacial score (nSPS) is 11.8. The van der Waals surface area contributed by atoms with E-state index in [2.05, 4.69) is 47.7 Å². The van der Waals surface area contributed by atoms with Crippen molar-refractivity contribution in [3.8, 4) is 5.75 Å². The number of aromatic nitrogens is 2. The number of esters is 1. The molecular formula is C26H22N2O2. The molecule has 0 radical (unpaired) electrons. The Balaban J connectivity index is 2.01. The van der Waals surface area contributed by atoms with Crippen molar-refractivity contribution in [1.29, 1.82) is 0 Å². The fourth-order valence-corrected chi connectivity index (χ4v) is 3.66. The summed E-state index contributed by atoms with van der Waals surface area (Å²) < 4.78 is 5.59. The number of hydrogen-bond donors (Lipinski definition) is 1. The maximum absolute atomic E-state index is 12.0. The summed E-state index contributed by atoms with van der Waals surface area (Å²) in [5, 5.41) is 0. The van der Waals surface area contributed by atoms with Gasteiger partial charge in [-0.15, -0.1) is 0 Å². The van der Waals surface area contributed by atoms with Crippen LogP contribution >= 0.6 is 0 Å². The summed E-state index contributed by atoms with van der Waals surface area (Å²) in [6, 6.07) is 24.0. The number of aromatic amines is 1. The Hall–Kier alpha value is -3.92. The molecule has 0 aliphatic heterocycles. The molecule has 1 N–H and O–H groups in total. The standard InChI is InChI=1S/C26H22N2O2/c1-3-20(18-10-6-5-7-11-18)26(19-14-15-22-23(16-19)28-17-27-22)21-12-8-9-13-24(21)30-25(29)4-2/h4-17H,2-3H2,1H3,(H,27,28)/b26-20+. The first-order valence-electron chi connectivity index (χ1n) is 9.87. The maximum Gasteiger partial charge on any atom is 0.335 e. The molecule has 30 heavy (non-hydrogen) atoms. The molecule has 1 heterocycles. The Bertz CT molecular complexity index is 1240. The summed E-state index contributed by atoms with van der Waals surface area (Å²) in [4.78, 5) is 19.5. The molecule has 0 saturated heterocycles. The van der Waals surface area contributed by atoms with Crippen molar-refractivity contribution in [2.75, 3.05) is 0 Å². The Labute approximate surface area is 175 Å². The highest BCUT2D eigenvalue weighted by molar-refractivity contribution is 6.01. The lowest BCUT2D eigenvalue weighted by molar-refractivity contribution is -0.128. The molecule has 0 amide bonds. The molecule has 0 spiro atoms. The van der Waals surface area contributed by atoms with Crippen LogP contribution in [-0.4, -0.2) is 15.9 Å². The van der Waals surface area contributed by atoms with Gasteiger partial charge in [-0.1, -0.05) is 68.1 Å². The second kappa shape index (κ2) is 8.62. The number of imidazole rings is 1. The number of hydrogen-bond acceptors (Lipinski definition) is 3. The van der Waals surface area contributed by atoms with Crippen LogP contribution in [0.25, 0.3) is 22.2 Å². The van der Waals surface area contributed by atoms with E-state index in [-0.39, 0.29) is 0 Å². The number of allylic oxidation sites excluding steroid dienone is 1. The predicted octanol–water partition coefficient (Wildman–Crippen LogP) is 6.02. The first-order valence-corrected chi connectivity index (χ1v) is 9.87. The number of benzene rings is 3. The molecule has 0 aliphatic carbocycles. The Morgan fingerprint density at radius 2 is 1.80 bits per heavy atom. The summed E-state index contributed by atoms with van der Waals surface area (Å²) in [6.07, 6.45) is 3.68. The van der Waals surface area contributed by atoms with Gasteiger partial charge in [0.05, 0.1) is 17.4 Å². The summed E-state index contributed by atoms with van der Waals surface area (Å²) >= 11 is 0. The number of carbonyl (C=O) groups excluding carboxylic acids is 1. The Kier molecular flexibility index (Phi) is 5.57. The minimum absolute atomic E-state index is 0.483. The van der Waals surface area contributed by atoms with Crippen LogP contribution in [0, 0.1) is 0 Å². The average Bonchev–Trinajstić information content (AvgIpc) is 3.26. The lowest BCUT2D eigenvalue weighted by atomic mass is 9.87. The van der Waals surface area contributed by atoms with Crippen LogP contribution < -0.4 is 4.74 Å². The molecule has 4 heteroatoms. The van der Waals surface area contributed by atoms with Crippen LogP contribution in [0.5, 0.6) is 5.75 Å². The molecule has 0 unspecified atom stereocenters. The lowest BCUT2D eigenvalue weighted by Crippen LogP contribution is -2.06. The van der Waals surface area contributed by atoms with E-state index in [1.165, 1.54) is 6.08 Å². The number of para-hydroxylation sites is 1. The van der Waals surface area contributed by atoms with Gasteiger partial charge < -0.3 is 9.72 Å². The van der Waals surface area contributed by atoms with Gasteiger partial charge in [-0.25, -0.2) is 9.78 Å². The van der Waals surface area contributed by atoms with E-state index in [1.807, 2.05) is 48.5 Å². The summed E-state index contributed by atoms with van der Waals surface area (Å²) in [7, 11) is 0.